The molecule has 5 heteroatoms. The summed E-state index contributed by atoms with van der Waals surface area (Å²) in [7, 11) is 0. The van der Waals surface area contributed by atoms with Gasteiger partial charge in [0.2, 0.25) is 0 Å². The molecule has 5 nitrogen and oxygen atoms in total. The molecule has 0 unspecified atom stereocenters. The van der Waals surface area contributed by atoms with E-state index in [2.05, 4.69) is 10.3 Å². The van der Waals surface area contributed by atoms with E-state index in [0.29, 0.717) is 18.5 Å². The molecule has 106 valence electrons. The van der Waals surface area contributed by atoms with Crippen molar-refractivity contribution in [2.24, 2.45) is 5.92 Å². The summed E-state index contributed by atoms with van der Waals surface area (Å²) in [5.41, 5.74) is 0.0860. The Labute approximate surface area is 113 Å². The van der Waals surface area contributed by atoms with Gasteiger partial charge in [0.05, 0.1) is 0 Å². The molecule has 0 atom stereocenters. The zero-order valence-electron chi connectivity index (χ0n) is 11.6. The van der Waals surface area contributed by atoms with Crippen molar-refractivity contribution in [3.8, 4) is 0 Å². The standard InChI is InChI=1S/C14H23N3O2/c1-2-12-10-17(14(19)16-13(12)18)8-7-15-9-11-5-3-4-6-11/h10-11,15H,2-9H2,1H3,(H,16,18,19). The van der Waals surface area contributed by atoms with Gasteiger partial charge < -0.3 is 5.32 Å². The van der Waals surface area contributed by atoms with E-state index in [1.54, 1.807) is 10.8 Å². The first-order valence-corrected chi connectivity index (χ1v) is 7.24. The van der Waals surface area contributed by atoms with Gasteiger partial charge in [-0.3, -0.25) is 14.3 Å². The summed E-state index contributed by atoms with van der Waals surface area (Å²) in [6.07, 6.45) is 7.68. The molecule has 19 heavy (non-hydrogen) atoms. The zero-order valence-corrected chi connectivity index (χ0v) is 11.6. The highest BCUT2D eigenvalue weighted by molar-refractivity contribution is 5.03. The molecule has 1 heterocycles. The topological polar surface area (TPSA) is 66.9 Å². The van der Waals surface area contributed by atoms with Crippen LogP contribution >= 0.6 is 0 Å². The normalized spacial score (nSPS) is 16.1. The van der Waals surface area contributed by atoms with E-state index in [0.717, 1.165) is 19.0 Å². The fraction of sp³-hybridized carbons (Fsp3) is 0.714. The van der Waals surface area contributed by atoms with E-state index in [1.165, 1.54) is 25.7 Å². The maximum absolute atomic E-state index is 11.6. The predicted molar refractivity (Wildman–Crippen MR) is 75.5 cm³/mol. The van der Waals surface area contributed by atoms with Gasteiger partial charge in [0.1, 0.15) is 0 Å². The van der Waals surface area contributed by atoms with Crippen LogP contribution in [0.5, 0.6) is 0 Å². The van der Waals surface area contributed by atoms with Crippen molar-refractivity contribution in [1.29, 1.82) is 0 Å². The molecule has 2 N–H and O–H groups in total. The SMILES string of the molecule is CCc1cn(CCNCC2CCCC2)c(=O)[nH]c1=O. The van der Waals surface area contributed by atoms with Crippen LogP contribution in [0.3, 0.4) is 0 Å². The van der Waals surface area contributed by atoms with Gasteiger partial charge in [-0.05, 0) is 31.7 Å². The third kappa shape index (κ3) is 3.80. The van der Waals surface area contributed by atoms with Crippen LogP contribution in [-0.2, 0) is 13.0 Å². The van der Waals surface area contributed by atoms with Gasteiger partial charge in [0.25, 0.3) is 5.56 Å². The van der Waals surface area contributed by atoms with E-state index < -0.39 is 0 Å². The van der Waals surface area contributed by atoms with E-state index in [4.69, 9.17) is 0 Å². The van der Waals surface area contributed by atoms with Crippen LogP contribution in [0, 0.1) is 5.92 Å². The zero-order chi connectivity index (χ0) is 13.7. The van der Waals surface area contributed by atoms with Crippen molar-refractivity contribution in [3.63, 3.8) is 0 Å². The Kier molecular flexibility index (Phi) is 4.96. The minimum atomic E-state index is -0.315. The summed E-state index contributed by atoms with van der Waals surface area (Å²) in [6.45, 7) is 4.33. The van der Waals surface area contributed by atoms with Crippen LogP contribution < -0.4 is 16.6 Å². The van der Waals surface area contributed by atoms with Crippen molar-refractivity contribution in [3.05, 3.63) is 32.6 Å². The number of nitrogens with zero attached hydrogens (tertiary/aromatic N) is 1. The minimum absolute atomic E-state index is 0.261. The lowest BCUT2D eigenvalue weighted by Crippen LogP contribution is -2.34. The Hall–Kier alpha value is -1.36. The molecule has 2 rings (SSSR count). The van der Waals surface area contributed by atoms with E-state index in [9.17, 15) is 9.59 Å². The Morgan fingerprint density at radius 3 is 2.79 bits per heavy atom. The van der Waals surface area contributed by atoms with Gasteiger partial charge in [-0.15, -0.1) is 0 Å². The lowest BCUT2D eigenvalue weighted by atomic mass is 10.1. The maximum atomic E-state index is 11.6. The van der Waals surface area contributed by atoms with E-state index >= 15 is 0 Å². The molecule has 0 aromatic carbocycles. The highest BCUT2D eigenvalue weighted by Gasteiger charge is 2.13. The van der Waals surface area contributed by atoms with Crippen LogP contribution in [0.25, 0.3) is 0 Å². The van der Waals surface area contributed by atoms with Crippen molar-refractivity contribution >= 4 is 0 Å². The summed E-state index contributed by atoms with van der Waals surface area (Å²) in [6, 6.07) is 0. The lowest BCUT2D eigenvalue weighted by molar-refractivity contribution is 0.471. The summed E-state index contributed by atoms with van der Waals surface area (Å²) in [5.74, 6) is 0.804. The van der Waals surface area contributed by atoms with Crippen LogP contribution in [-0.4, -0.2) is 22.6 Å². The molecule has 0 radical (unpaired) electrons. The van der Waals surface area contributed by atoms with Crippen molar-refractivity contribution in [1.82, 2.24) is 14.9 Å². The molecular formula is C14H23N3O2. The molecule has 0 saturated heterocycles. The monoisotopic (exact) mass is 265 g/mol. The molecule has 0 amide bonds. The second-order valence-electron chi connectivity index (χ2n) is 5.32. The fourth-order valence-corrected chi connectivity index (χ4v) is 2.69. The second-order valence-corrected chi connectivity index (χ2v) is 5.32. The molecule has 1 saturated carbocycles. The van der Waals surface area contributed by atoms with E-state index in [1.807, 2.05) is 6.92 Å². The van der Waals surface area contributed by atoms with Gasteiger partial charge in [0.15, 0.2) is 0 Å². The van der Waals surface area contributed by atoms with Crippen LogP contribution in [0.4, 0.5) is 0 Å². The Morgan fingerprint density at radius 1 is 1.37 bits per heavy atom. The number of H-pyrrole nitrogens is 1. The second kappa shape index (κ2) is 6.70. The van der Waals surface area contributed by atoms with Crippen molar-refractivity contribution in [2.75, 3.05) is 13.1 Å². The molecule has 1 fully saturated rings. The van der Waals surface area contributed by atoms with Gasteiger partial charge in [-0.1, -0.05) is 19.8 Å². The van der Waals surface area contributed by atoms with Gasteiger partial charge in [-0.25, -0.2) is 4.79 Å². The third-order valence-electron chi connectivity index (χ3n) is 3.90. The summed E-state index contributed by atoms with van der Waals surface area (Å²) >= 11 is 0. The first kappa shape index (κ1) is 14.1. The predicted octanol–water partition coefficient (Wildman–Crippen LogP) is 0.879. The summed E-state index contributed by atoms with van der Waals surface area (Å²) in [5, 5.41) is 3.40. The first-order chi connectivity index (χ1) is 9.20. The summed E-state index contributed by atoms with van der Waals surface area (Å²) in [4.78, 5) is 25.4. The summed E-state index contributed by atoms with van der Waals surface area (Å²) < 4.78 is 1.59. The number of hydrogen-bond donors (Lipinski definition) is 2. The third-order valence-corrected chi connectivity index (χ3v) is 3.90. The van der Waals surface area contributed by atoms with Crippen LogP contribution in [0.1, 0.15) is 38.2 Å². The highest BCUT2D eigenvalue weighted by Crippen LogP contribution is 2.23. The highest BCUT2D eigenvalue weighted by atomic mass is 16.2. The average molecular weight is 265 g/mol. The Morgan fingerprint density at radius 2 is 2.11 bits per heavy atom. The molecule has 0 spiro atoms. The van der Waals surface area contributed by atoms with Crippen molar-refractivity contribution < 1.29 is 0 Å². The molecular weight excluding hydrogens is 242 g/mol. The van der Waals surface area contributed by atoms with Crippen LogP contribution in [0.2, 0.25) is 0 Å². The average Bonchev–Trinajstić information content (AvgIpc) is 2.90. The number of hydrogen-bond acceptors (Lipinski definition) is 3. The van der Waals surface area contributed by atoms with E-state index in [-0.39, 0.29) is 11.2 Å². The maximum Gasteiger partial charge on any atom is 0.328 e. The molecule has 1 aromatic heterocycles. The molecule has 0 aliphatic heterocycles. The molecule has 1 aliphatic rings. The number of nitrogens with one attached hydrogen (secondary N) is 2. The Bertz CT molecular complexity index is 512. The quantitative estimate of drug-likeness (QED) is 0.750. The molecule has 0 bridgehead atoms. The number of rotatable bonds is 6. The van der Waals surface area contributed by atoms with Gasteiger partial charge >= 0.3 is 5.69 Å². The van der Waals surface area contributed by atoms with Crippen LogP contribution in [0.15, 0.2) is 15.8 Å². The number of aromatic amines is 1. The largest absolute Gasteiger partial charge is 0.328 e. The lowest BCUT2D eigenvalue weighted by Gasteiger charge is -2.11. The fourth-order valence-electron chi connectivity index (χ4n) is 2.69. The first-order valence-electron chi connectivity index (χ1n) is 7.24. The van der Waals surface area contributed by atoms with Gasteiger partial charge in [-0.2, -0.15) is 0 Å². The number of aromatic nitrogens is 2. The minimum Gasteiger partial charge on any atom is -0.315 e. The van der Waals surface area contributed by atoms with Crippen molar-refractivity contribution in [2.45, 2.75) is 45.6 Å². The molecule has 1 aliphatic carbocycles. The van der Waals surface area contributed by atoms with Gasteiger partial charge in [0, 0.05) is 24.8 Å². The molecule has 1 aromatic rings. The number of aryl methyl sites for hydroxylation is 1. The smallest absolute Gasteiger partial charge is 0.315 e. The Balaban J connectivity index is 1.85.